The van der Waals surface area contributed by atoms with Crippen LogP contribution in [0.25, 0.3) is 0 Å². The number of ether oxygens (including phenoxy) is 3. The van der Waals surface area contributed by atoms with E-state index in [2.05, 4.69) is 19.9 Å². The second-order valence-electron chi connectivity index (χ2n) is 7.54. The van der Waals surface area contributed by atoms with Crippen molar-refractivity contribution in [3.8, 4) is 0 Å². The molecule has 0 N–H and O–H groups in total. The van der Waals surface area contributed by atoms with E-state index in [0.29, 0.717) is 19.6 Å². The van der Waals surface area contributed by atoms with Crippen molar-refractivity contribution in [1.29, 1.82) is 0 Å². The van der Waals surface area contributed by atoms with Crippen LogP contribution in [0.3, 0.4) is 0 Å². The van der Waals surface area contributed by atoms with Crippen molar-refractivity contribution in [1.82, 2.24) is 0 Å². The second-order valence-corrected chi connectivity index (χ2v) is 7.54. The van der Waals surface area contributed by atoms with Crippen LogP contribution in [0.1, 0.15) is 40.0 Å². The summed E-state index contributed by atoms with van der Waals surface area (Å²) in [6.07, 6.45) is 3.71. The molecular formula is C17H22O5. The smallest absolute Gasteiger partial charge is 0.302 e. The first-order valence-electron chi connectivity index (χ1n) is 7.97. The minimum Gasteiger partial charge on any atom is -0.465 e. The summed E-state index contributed by atoms with van der Waals surface area (Å²) in [5.41, 5.74) is 0.0562. The average Bonchev–Trinajstić information content (AvgIpc) is 3.21. The number of rotatable bonds is 2. The molecule has 2 aliphatic heterocycles. The number of Topliss-reactive ketones (excluding diaryl/α,β-unsaturated/α-hetero) is 1. The molecule has 4 aliphatic rings. The Morgan fingerprint density at radius 1 is 1.50 bits per heavy atom. The van der Waals surface area contributed by atoms with Gasteiger partial charge in [0.15, 0.2) is 5.78 Å². The predicted octanol–water partition coefficient (Wildman–Crippen LogP) is 1.79. The van der Waals surface area contributed by atoms with E-state index in [1.54, 1.807) is 0 Å². The Labute approximate surface area is 130 Å². The van der Waals surface area contributed by atoms with E-state index >= 15 is 0 Å². The van der Waals surface area contributed by atoms with E-state index in [1.165, 1.54) is 12.5 Å². The van der Waals surface area contributed by atoms with Gasteiger partial charge in [0.2, 0.25) is 0 Å². The fraction of sp³-hybridized carbons (Fsp3) is 0.765. The summed E-state index contributed by atoms with van der Waals surface area (Å²) in [7, 11) is 0. The Kier molecular flexibility index (Phi) is 2.75. The molecule has 120 valence electrons. The lowest BCUT2D eigenvalue weighted by Gasteiger charge is -2.56. The van der Waals surface area contributed by atoms with Gasteiger partial charge in [-0.2, -0.15) is 0 Å². The van der Waals surface area contributed by atoms with Crippen LogP contribution in [0.4, 0.5) is 0 Å². The van der Waals surface area contributed by atoms with Crippen LogP contribution >= 0.6 is 0 Å². The molecular weight excluding hydrogens is 284 g/mol. The van der Waals surface area contributed by atoms with Crippen LogP contribution in [0.2, 0.25) is 0 Å². The largest absolute Gasteiger partial charge is 0.465 e. The molecule has 0 aromatic carbocycles. The van der Waals surface area contributed by atoms with Crippen molar-refractivity contribution in [2.24, 2.45) is 10.8 Å². The lowest BCUT2D eigenvalue weighted by molar-refractivity contribution is -0.216. The standard InChI is InChI=1S/C17H22O5/c1-10-4-5-16(8-20-11(2)18)13(6-10)22-14-12(19)7-15(16,3)17(14)9-21-17/h6,13-14H,4-5,7-9H2,1-3H3/t13-,14-,15-,16-,17+/m1/s1. The van der Waals surface area contributed by atoms with Crippen molar-refractivity contribution < 1.29 is 23.8 Å². The molecule has 5 heteroatoms. The lowest BCUT2D eigenvalue weighted by atomic mass is 9.52. The molecule has 1 saturated carbocycles. The molecule has 0 unspecified atom stereocenters. The summed E-state index contributed by atoms with van der Waals surface area (Å²) in [5, 5.41) is 0. The van der Waals surface area contributed by atoms with Crippen LogP contribution in [0.15, 0.2) is 11.6 Å². The van der Waals surface area contributed by atoms with Crippen LogP contribution in [-0.2, 0) is 23.8 Å². The van der Waals surface area contributed by atoms with Gasteiger partial charge in [0.25, 0.3) is 0 Å². The van der Waals surface area contributed by atoms with Gasteiger partial charge in [-0.1, -0.05) is 18.6 Å². The van der Waals surface area contributed by atoms with Gasteiger partial charge in [-0.25, -0.2) is 0 Å². The van der Waals surface area contributed by atoms with Crippen molar-refractivity contribution in [2.45, 2.75) is 57.8 Å². The van der Waals surface area contributed by atoms with E-state index in [0.717, 1.165) is 12.8 Å². The summed E-state index contributed by atoms with van der Waals surface area (Å²) in [6, 6.07) is 0. The van der Waals surface area contributed by atoms with Gasteiger partial charge in [-0.15, -0.1) is 0 Å². The Balaban J connectivity index is 1.82. The summed E-state index contributed by atoms with van der Waals surface area (Å²) in [5.74, 6) is -0.164. The number of fused-ring (bicyclic) bond motifs is 2. The number of ketones is 1. The molecule has 0 amide bonds. The summed E-state index contributed by atoms with van der Waals surface area (Å²) in [6.45, 7) is 6.50. The first-order chi connectivity index (χ1) is 10.3. The molecule has 2 heterocycles. The maximum atomic E-state index is 12.5. The van der Waals surface area contributed by atoms with Gasteiger partial charge in [0.1, 0.15) is 18.3 Å². The quantitative estimate of drug-likeness (QED) is 0.442. The zero-order chi connectivity index (χ0) is 15.8. The van der Waals surface area contributed by atoms with Crippen molar-refractivity contribution in [3.63, 3.8) is 0 Å². The third kappa shape index (κ3) is 1.51. The summed E-state index contributed by atoms with van der Waals surface area (Å²) in [4.78, 5) is 23.9. The molecule has 4 rings (SSSR count). The normalized spacial score (nSPS) is 48.9. The fourth-order valence-electron chi connectivity index (χ4n) is 4.98. The Bertz CT molecular complexity index is 590. The second kappa shape index (κ2) is 4.20. The third-order valence-corrected chi connectivity index (χ3v) is 6.49. The van der Waals surface area contributed by atoms with Gasteiger partial charge in [0.05, 0.1) is 12.7 Å². The van der Waals surface area contributed by atoms with E-state index in [4.69, 9.17) is 14.2 Å². The number of hydrogen-bond donors (Lipinski definition) is 0. The highest BCUT2D eigenvalue weighted by Crippen LogP contribution is 2.70. The molecule has 2 aliphatic carbocycles. The molecule has 0 radical (unpaired) electrons. The SMILES string of the molecule is CC(=O)OC[C@]12CCC(C)=C[C@H]1O[C@@H]1C(=O)C[C@@]2(C)[C@]12CO2. The predicted molar refractivity (Wildman–Crippen MR) is 77.1 cm³/mol. The van der Waals surface area contributed by atoms with E-state index in [9.17, 15) is 9.59 Å². The number of carbonyl (C=O) groups excluding carboxylic acids is 2. The van der Waals surface area contributed by atoms with Crippen LogP contribution < -0.4 is 0 Å². The minimum absolute atomic E-state index is 0.127. The van der Waals surface area contributed by atoms with E-state index < -0.39 is 11.7 Å². The first kappa shape index (κ1) is 14.4. The number of esters is 1. The lowest BCUT2D eigenvalue weighted by Crippen LogP contribution is -2.64. The molecule has 2 bridgehead atoms. The van der Waals surface area contributed by atoms with Gasteiger partial charge in [-0.05, 0) is 19.8 Å². The highest BCUT2D eigenvalue weighted by molar-refractivity contribution is 5.90. The third-order valence-electron chi connectivity index (χ3n) is 6.49. The van der Waals surface area contributed by atoms with Gasteiger partial charge >= 0.3 is 5.97 Å². The van der Waals surface area contributed by atoms with Gasteiger partial charge in [-0.3, -0.25) is 9.59 Å². The number of hydrogen-bond acceptors (Lipinski definition) is 5. The number of epoxide rings is 1. The molecule has 5 atom stereocenters. The van der Waals surface area contributed by atoms with Crippen LogP contribution in [-0.4, -0.2) is 42.8 Å². The highest BCUT2D eigenvalue weighted by Gasteiger charge is 2.81. The van der Waals surface area contributed by atoms with Crippen molar-refractivity contribution in [3.05, 3.63) is 11.6 Å². The molecule has 0 aromatic rings. The molecule has 1 spiro atoms. The van der Waals surface area contributed by atoms with E-state index in [-0.39, 0.29) is 28.7 Å². The topological polar surface area (TPSA) is 65.1 Å². The Morgan fingerprint density at radius 2 is 2.23 bits per heavy atom. The Hall–Kier alpha value is -1.20. The Morgan fingerprint density at radius 3 is 2.86 bits per heavy atom. The molecule has 5 nitrogen and oxygen atoms in total. The van der Waals surface area contributed by atoms with Crippen LogP contribution in [0, 0.1) is 10.8 Å². The fourth-order valence-corrected chi connectivity index (χ4v) is 4.98. The maximum absolute atomic E-state index is 12.5. The molecule has 0 aromatic heterocycles. The molecule has 3 fully saturated rings. The minimum atomic E-state index is -0.500. The zero-order valence-corrected chi connectivity index (χ0v) is 13.3. The maximum Gasteiger partial charge on any atom is 0.302 e. The van der Waals surface area contributed by atoms with Crippen molar-refractivity contribution >= 4 is 11.8 Å². The summed E-state index contributed by atoms with van der Waals surface area (Å²) >= 11 is 0. The van der Waals surface area contributed by atoms with Gasteiger partial charge < -0.3 is 14.2 Å². The highest BCUT2D eigenvalue weighted by atomic mass is 16.6. The van der Waals surface area contributed by atoms with Gasteiger partial charge in [0, 0.05) is 24.2 Å². The zero-order valence-electron chi connectivity index (χ0n) is 13.3. The summed E-state index contributed by atoms with van der Waals surface area (Å²) < 4.78 is 17.4. The number of carbonyl (C=O) groups is 2. The molecule has 2 saturated heterocycles. The average molecular weight is 306 g/mol. The number of allylic oxidation sites excluding steroid dienone is 1. The monoisotopic (exact) mass is 306 g/mol. The van der Waals surface area contributed by atoms with Crippen LogP contribution in [0.5, 0.6) is 0 Å². The van der Waals surface area contributed by atoms with E-state index in [1.807, 2.05) is 0 Å². The first-order valence-corrected chi connectivity index (χ1v) is 7.97. The molecule has 22 heavy (non-hydrogen) atoms. The van der Waals surface area contributed by atoms with Crippen molar-refractivity contribution in [2.75, 3.05) is 13.2 Å².